The molecule has 0 aliphatic carbocycles. The van der Waals surface area contributed by atoms with Crippen LogP contribution in [0.2, 0.25) is 0 Å². The predicted octanol–water partition coefficient (Wildman–Crippen LogP) is 3.24. The number of carbonyl (C=O) groups excluding carboxylic acids is 1. The van der Waals surface area contributed by atoms with Crippen LogP contribution in [0.4, 0.5) is 5.69 Å². The molecule has 22 heavy (non-hydrogen) atoms. The fraction of sp³-hybridized carbons (Fsp3) is 0.222. The van der Waals surface area contributed by atoms with Crippen LogP contribution in [0.3, 0.4) is 0 Å². The Labute approximate surface area is 130 Å². The van der Waals surface area contributed by atoms with Gasteiger partial charge in [0.25, 0.3) is 0 Å². The van der Waals surface area contributed by atoms with Crippen LogP contribution in [0.25, 0.3) is 0 Å². The van der Waals surface area contributed by atoms with Crippen LogP contribution in [-0.4, -0.2) is 11.6 Å². The molecule has 2 N–H and O–H groups in total. The lowest BCUT2D eigenvalue weighted by molar-refractivity contribution is -0.118. The Balaban J connectivity index is 1.92. The number of benzene rings is 2. The first-order chi connectivity index (χ1) is 10.6. The molecule has 112 valence electrons. The van der Waals surface area contributed by atoms with Gasteiger partial charge in [-0.1, -0.05) is 42.5 Å². The number of amides is 1. The van der Waals surface area contributed by atoms with Crippen molar-refractivity contribution in [2.75, 3.05) is 5.01 Å². The van der Waals surface area contributed by atoms with Gasteiger partial charge in [-0.15, -0.1) is 0 Å². The third kappa shape index (κ3) is 2.92. The van der Waals surface area contributed by atoms with Crippen molar-refractivity contribution in [1.82, 2.24) is 0 Å². The summed E-state index contributed by atoms with van der Waals surface area (Å²) in [6.07, 6.45) is 1.14. The van der Waals surface area contributed by atoms with Crippen molar-refractivity contribution in [3.05, 3.63) is 65.7 Å². The quantitative estimate of drug-likeness (QED) is 0.944. The summed E-state index contributed by atoms with van der Waals surface area (Å²) in [5, 5.41) is 6.05. The Morgan fingerprint density at radius 2 is 1.73 bits per heavy atom. The van der Waals surface area contributed by atoms with Gasteiger partial charge in [0, 0.05) is 18.9 Å². The van der Waals surface area contributed by atoms with E-state index in [4.69, 9.17) is 5.73 Å². The summed E-state index contributed by atoms with van der Waals surface area (Å²) in [6.45, 7) is 1.96. The van der Waals surface area contributed by atoms with Crippen LogP contribution < -0.4 is 10.7 Å². The lowest BCUT2D eigenvalue weighted by Crippen LogP contribution is -2.31. The highest BCUT2D eigenvalue weighted by Gasteiger charge is 2.22. The molecule has 1 unspecified atom stereocenters. The maximum atomic E-state index is 12.1. The molecule has 2 aromatic rings. The molecular formula is C18H19N3O. The van der Waals surface area contributed by atoms with Crippen molar-refractivity contribution in [3.8, 4) is 0 Å². The summed E-state index contributed by atoms with van der Waals surface area (Å²) < 4.78 is 0. The number of rotatable bonds is 3. The number of para-hydroxylation sites is 1. The second kappa shape index (κ2) is 6.12. The number of carbonyl (C=O) groups is 1. The molecule has 4 heteroatoms. The van der Waals surface area contributed by atoms with Gasteiger partial charge in [-0.3, -0.25) is 4.79 Å². The summed E-state index contributed by atoms with van der Waals surface area (Å²) >= 11 is 0. The SMILES string of the molecule is CC(N)c1ccc(C2=NN(c3ccccc3)C(=O)CC2)cc1. The number of hydrazone groups is 1. The molecule has 0 spiro atoms. The second-order valence-corrected chi connectivity index (χ2v) is 5.50. The first-order valence-electron chi connectivity index (χ1n) is 7.46. The minimum absolute atomic E-state index is 0.0183. The Morgan fingerprint density at radius 1 is 1.05 bits per heavy atom. The van der Waals surface area contributed by atoms with Gasteiger partial charge >= 0.3 is 0 Å². The number of anilines is 1. The van der Waals surface area contributed by atoms with E-state index < -0.39 is 0 Å². The van der Waals surface area contributed by atoms with Crippen LogP contribution >= 0.6 is 0 Å². The van der Waals surface area contributed by atoms with Gasteiger partial charge in [-0.25, -0.2) is 5.01 Å². The van der Waals surface area contributed by atoms with E-state index in [2.05, 4.69) is 5.10 Å². The Morgan fingerprint density at radius 3 is 2.36 bits per heavy atom. The summed E-state index contributed by atoms with van der Waals surface area (Å²) in [5.41, 5.74) is 9.74. The molecule has 0 aromatic heterocycles. The summed E-state index contributed by atoms with van der Waals surface area (Å²) in [5.74, 6) is 0.0298. The maximum absolute atomic E-state index is 12.1. The monoisotopic (exact) mass is 293 g/mol. The van der Waals surface area contributed by atoms with E-state index in [-0.39, 0.29) is 11.9 Å². The lowest BCUT2D eigenvalue weighted by atomic mass is 10.0. The second-order valence-electron chi connectivity index (χ2n) is 5.50. The predicted molar refractivity (Wildman–Crippen MR) is 88.7 cm³/mol. The molecule has 1 heterocycles. The van der Waals surface area contributed by atoms with Crippen molar-refractivity contribution in [1.29, 1.82) is 0 Å². The lowest BCUT2D eigenvalue weighted by Gasteiger charge is -2.23. The Hall–Kier alpha value is -2.46. The minimum atomic E-state index is 0.0183. The Kier molecular flexibility index (Phi) is 4.02. The van der Waals surface area contributed by atoms with Gasteiger partial charge in [-0.05, 0) is 30.2 Å². The zero-order chi connectivity index (χ0) is 15.5. The first-order valence-corrected chi connectivity index (χ1v) is 7.46. The van der Waals surface area contributed by atoms with Crippen molar-refractivity contribution in [3.63, 3.8) is 0 Å². The highest BCUT2D eigenvalue weighted by Crippen LogP contribution is 2.22. The summed E-state index contributed by atoms with van der Waals surface area (Å²) in [6, 6.07) is 17.6. The molecule has 1 aliphatic rings. The van der Waals surface area contributed by atoms with Crippen LogP contribution in [0.5, 0.6) is 0 Å². The van der Waals surface area contributed by atoms with E-state index in [9.17, 15) is 4.79 Å². The minimum Gasteiger partial charge on any atom is -0.324 e. The molecule has 0 saturated carbocycles. The molecule has 1 atom stereocenters. The largest absolute Gasteiger partial charge is 0.324 e. The highest BCUT2D eigenvalue weighted by atomic mass is 16.2. The van der Waals surface area contributed by atoms with Gasteiger partial charge in [0.2, 0.25) is 5.91 Å². The molecule has 4 nitrogen and oxygen atoms in total. The van der Waals surface area contributed by atoms with Gasteiger partial charge in [0.15, 0.2) is 0 Å². The van der Waals surface area contributed by atoms with Crippen LogP contribution in [0.1, 0.15) is 36.9 Å². The topological polar surface area (TPSA) is 58.7 Å². The maximum Gasteiger partial charge on any atom is 0.247 e. The fourth-order valence-corrected chi connectivity index (χ4v) is 2.51. The average Bonchev–Trinajstić information content (AvgIpc) is 2.56. The zero-order valence-corrected chi connectivity index (χ0v) is 12.6. The molecule has 1 aliphatic heterocycles. The molecule has 0 radical (unpaired) electrons. The molecule has 1 amide bonds. The fourth-order valence-electron chi connectivity index (χ4n) is 2.51. The van der Waals surface area contributed by atoms with Crippen molar-refractivity contribution >= 4 is 17.3 Å². The molecule has 0 saturated heterocycles. The van der Waals surface area contributed by atoms with E-state index in [1.54, 1.807) is 0 Å². The van der Waals surface area contributed by atoms with Gasteiger partial charge in [-0.2, -0.15) is 5.10 Å². The van der Waals surface area contributed by atoms with Gasteiger partial charge in [0.1, 0.15) is 0 Å². The highest BCUT2D eigenvalue weighted by molar-refractivity contribution is 6.08. The normalized spacial score (nSPS) is 16.4. The molecule has 3 rings (SSSR count). The molecule has 0 bridgehead atoms. The van der Waals surface area contributed by atoms with E-state index in [0.29, 0.717) is 12.8 Å². The van der Waals surface area contributed by atoms with E-state index in [1.165, 1.54) is 5.01 Å². The van der Waals surface area contributed by atoms with Gasteiger partial charge in [0.05, 0.1) is 11.4 Å². The van der Waals surface area contributed by atoms with Gasteiger partial charge < -0.3 is 5.73 Å². The third-order valence-corrected chi connectivity index (χ3v) is 3.80. The molecule has 2 aromatic carbocycles. The van der Waals surface area contributed by atoms with E-state index >= 15 is 0 Å². The van der Waals surface area contributed by atoms with E-state index in [1.807, 2.05) is 61.5 Å². The van der Waals surface area contributed by atoms with Crippen molar-refractivity contribution in [2.45, 2.75) is 25.8 Å². The van der Waals surface area contributed by atoms with Crippen molar-refractivity contribution in [2.24, 2.45) is 10.8 Å². The zero-order valence-electron chi connectivity index (χ0n) is 12.6. The number of nitrogens with zero attached hydrogens (tertiary/aromatic N) is 2. The van der Waals surface area contributed by atoms with Crippen molar-refractivity contribution < 1.29 is 4.79 Å². The smallest absolute Gasteiger partial charge is 0.247 e. The number of hydrogen-bond acceptors (Lipinski definition) is 3. The number of nitrogens with two attached hydrogens (primary N) is 1. The number of hydrogen-bond donors (Lipinski definition) is 1. The molecule has 0 fully saturated rings. The van der Waals surface area contributed by atoms with E-state index in [0.717, 1.165) is 22.5 Å². The van der Waals surface area contributed by atoms with Crippen LogP contribution in [0, 0.1) is 0 Å². The summed E-state index contributed by atoms with van der Waals surface area (Å²) in [7, 11) is 0. The van der Waals surface area contributed by atoms with Crippen LogP contribution in [0.15, 0.2) is 59.7 Å². The molecular weight excluding hydrogens is 274 g/mol. The average molecular weight is 293 g/mol. The Bertz CT molecular complexity index is 690. The first kappa shape index (κ1) is 14.5. The third-order valence-electron chi connectivity index (χ3n) is 3.80. The van der Waals surface area contributed by atoms with Crippen LogP contribution in [-0.2, 0) is 4.79 Å². The standard InChI is InChI=1S/C18H19N3O/c1-13(19)14-7-9-15(10-8-14)17-11-12-18(22)21(20-17)16-5-3-2-4-6-16/h2-10,13H,11-12,19H2,1H3. The summed E-state index contributed by atoms with van der Waals surface area (Å²) in [4.78, 5) is 12.1.